The molecule has 1 saturated heterocycles. The van der Waals surface area contributed by atoms with Crippen molar-refractivity contribution in [3.63, 3.8) is 0 Å². The third-order valence-corrected chi connectivity index (χ3v) is 2.92. The largest absolute Gasteiger partial charge is 0.394 e. The van der Waals surface area contributed by atoms with Crippen molar-refractivity contribution in [3.8, 4) is 0 Å². The monoisotopic (exact) mass is 253 g/mol. The Balaban J connectivity index is 1.96. The summed E-state index contributed by atoms with van der Waals surface area (Å²) >= 11 is 0. The molecule has 2 aromatic heterocycles. The van der Waals surface area contributed by atoms with Gasteiger partial charge in [0, 0.05) is 6.42 Å². The lowest BCUT2D eigenvalue weighted by Crippen LogP contribution is -2.24. The highest BCUT2D eigenvalue weighted by Crippen LogP contribution is 2.30. The smallest absolute Gasteiger partial charge is 0.167 e. The van der Waals surface area contributed by atoms with Crippen molar-refractivity contribution < 1.29 is 17.7 Å². The molecule has 96 valence electrons. The molecule has 3 atom stereocenters. The summed E-state index contributed by atoms with van der Waals surface area (Å²) in [5, 5.41) is 19.1. The van der Waals surface area contributed by atoms with Crippen LogP contribution in [0.1, 0.15) is 15.4 Å². The molecule has 2 aromatic rings. The molecular weight excluding hydrogens is 238 g/mol. The fourth-order valence-electron chi connectivity index (χ4n) is 2.02. The van der Waals surface area contributed by atoms with Crippen molar-refractivity contribution in [2.24, 2.45) is 0 Å². The van der Waals surface area contributed by atoms with E-state index >= 15 is 0 Å². The van der Waals surface area contributed by atoms with E-state index in [2.05, 4.69) is 15.0 Å². The molecule has 0 radical (unpaired) electrons. The van der Waals surface area contributed by atoms with Crippen LogP contribution in [0.5, 0.6) is 0 Å². The van der Waals surface area contributed by atoms with Gasteiger partial charge in [0.1, 0.15) is 24.2 Å². The summed E-state index contributed by atoms with van der Waals surface area (Å²) in [6, 6.07) is 0. The van der Waals surface area contributed by atoms with Gasteiger partial charge in [0.05, 0.1) is 21.7 Å². The van der Waals surface area contributed by atoms with E-state index < -0.39 is 25.0 Å². The Kier molecular flexibility index (Phi) is 2.13. The van der Waals surface area contributed by atoms with Gasteiger partial charge >= 0.3 is 0 Å². The number of hydrogen-bond acceptors (Lipinski definition) is 7. The highest BCUT2D eigenvalue weighted by atomic mass is 16.5. The van der Waals surface area contributed by atoms with E-state index in [1.54, 1.807) is 0 Å². The summed E-state index contributed by atoms with van der Waals surface area (Å²) in [6.45, 7) is -2.63. The van der Waals surface area contributed by atoms with Crippen molar-refractivity contribution >= 4 is 17.0 Å². The Morgan fingerprint density at radius 1 is 1.56 bits per heavy atom. The standard InChI is InChI=1S/C10H13N5O3/c11-9-8-10(13-3-12-9)15(4-14-8)7-1-5(17)6(2-16)18-7/h3-7,16-17H,1-2H2,(H2,11,12,13)/t5-,6+,7?/m0/s1/i2D2. The SMILES string of the molecule is [2H]C([2H])(O)[C@H]1OC(n2cnc3c(N)ncnc32)C[C@@H]1O. The number of aromatic nitrogens is 4. The van der Waals surface area contributed by atoms with Crippen LogP contribution in [-0.4, -0.2) is 48.5 Å². The number of fused-ring (bicyclic) bond motifs is 1. The molecule has 3 heterocycles. The van der Waals surface area contributed by atoms with E-state index in [4.69, 9.17) is 13.2 Å². The van der Waals surface area contributed by atoms with Crippen molar-refractivity contribution in [1.29, 1.82) is 0 Å². The number of hydrogen-bond donors (Lipinski definition) is 3. The second kappa shape index (κ2) is 4.16. The zero-order chi connectivity index (χ0) is 14.5. The summed E-state index contributed by atoms with van der Waals surface area (Å²) in [5.74, 6) is 0.223. The van der Waals surface area contributed by atoms with Crippen LogP contribution in [0.2, 0.25) is 0 Å². The first-order chi connectivity index (χ1) is 9.38. The van der Waals surface area contributed by atoms with E-state index in [9.17, 15) is 10.2 Å². The van der Waals surface area contributed by atoms with Crippen molar-refractivity contribution in [1.82, 2.24) is 19.5 Å². The fourth-order valence-corrected chi connectivity index (χ4v) is 2.02. The van der Waals surface area contributed by atoms with Gasteiger partial charge in [-0.1, -0.05) is 0 Å². The topological polar surface area (TPSA) is 119 Å². The number of nitrogens with zero attached hydrogens (tertiary/aromatic N) is 4. The van der Waals surface area contributed by atoms with E-state index in [1.807, 2.05) is 0 Å². The van der Waals surface area contributed by atoms with Crippen LogP contribution in [0.4, 0.5) is 5.82 Å². The van der Waals surface area contributed by atoms with Crippen LogP contribution >= 0.6 is 0 Å². The molecule has 8 heteroatoms. The fraction of sp³-hybridized carbons (Fsp3) is 0.500. The molecule has 8 nitrogen and oxygen atoms in total. The minimum atomic E-state index is -2.63. The Labute approximate surface area is 105 Å². The molecular formula is C10H13N5O3. The maximum absolute atomic E-state index is 9.80. The zero-order valence-corrected chi connectivity index (χ0v) is 9.26. The first kappa shape index (κ1) is 9.20. The van der Waals surface area contributed by atoms with Gasteiger partial charge in [0.25, 0.3) is 0 Å². The second-order valence-corrected chi connectivity index (χ2v) is 4.03. The van der Waals surface area contributed by atoms with Crippen molar-refractivity contribution in [2.75, 3.05) is 12.3 Å². The van der Waals surface area contributed by atoms with Gasteiger partial charge < -0.3 is 20.7 Å². The third kappa shape index (κ3) is 1.62. The first-order valence-electron chi connectivity index (χ1n) is 6.37. The molecule has 0 spiro atoms. The highest BCUT2D eigenvalue weighted by Gasteiger charge is 2.35. The summed E-state index contributed by atoms with van der Waals surface area (Å²) in [5.41, 5.74) is 6.50. The van der Waals surface area contributed by atoms with E-state index in [1.165, 1.54) is 17.2 Å². The van der Waals surface area contributed by atoms with Gasteiger partial charge in [0.2, 0.25) is 0 Å². The molecule has 18 heavy (non-hydrogen) atoms. The Bertz CT molecular complexity index is 643. The molecule has 1 fully saturated rings. The molecule has 4 N–H and O–H groups in total. The number of anilines is 1. The van der Waals surface area contributed by atoms with Gasteiger partial charge in [-0.15, -0.1) is 0 Å². The highest BCUT2D eigenvalue weighted by molar-refractivity contribution is 5.81. The van der Waals surface area contributed by atoms with Gasteiger partial charge in [-0.25, -0.2) is 15.0 Å². The molecule has 0 aromatic carbocycles. The lowest BCUT2D eigenvalue weighted by Gasteiger charge is -2.13. The lowest BCUT2D eigenvalue weighted by molar-refractivity contribution is -0.0432. The maximum Gasteiger partial charge on any atom is 0.167 e. The van der Waals surface area contributed by atoms with Crippen LogP contribution in [0.3, 0.4) is 0 Å². The maximum atomic E-state index is 9.80. The Morgan fingerprint density at radius 3 is 3.11 bits per heavy atom. The summed E-state index contributed by atoms with van der Waals surface area (Å²) in [7, 11) is 0. The number of ether oxygens (including phenoxy) is 1. The number of aliphatic hydroxyl groups is 2. The predicted octanol–water partition coefficient (Wildman–Crippen LogP) is -0.951. The van der Waals surface area contributed by atoms with Crippen LogP contribution < -0.4 is 5.73 Å². The van der Waals surface area contributed by atoms with Gasteiger partial charge in [-0.3, -0.25) is 4.57 Å². The van der Waals surface area contributed by atoms with Gasteiger partial charge in [0.15, 0.2) is 11.5 Å². The van der Waals surface area contributed by atoms with E-state index in [0.717, 1.165) is 0 Å². The number of imidazole rings is 1. The van der Waals surface area contributed by atoms with Crippen LogP contribution in [0, 0.1) is 0 Å². The second-order valence-electron chi connectivity index (χ2n) is 4.03. The molecule has 3 rings (SSSR count). The zero-order valence-electron chi connectivity index (χ0n) is 11.3. The van der Waals surface area contributed by atoms with Crippen molar-refractivity contribution in [2.45, 2.75) is 24.9 Å². The number of rotatable bonds is 2. The number of nitrogen functional groups attached to an aromatic ring is 1. The minimum Gasteiger partial charge on any atom is -0.394 e. The molecule has 0 aliphatic carbocycles. The predicted molar refractivity (Wildman–Crippen MR) is 61.4 cm³/mol. The summed E-state index contributed by atoms with van der Waals surface area (Å²) in [6.07, 6.45) is -0.315. The molecule has 0 saturated carbocycles. The average Bonchev–Trinajstić information content (AvgIpc) is 2.92. The minimum absolute atomic E-state index is 0.111. The van der Waals surface area contributed by atoms with Gasteiger partial charge in [-0.05, 0) is 0 Å². The van der Waals surface area contributed by atoms with Crippen LogP contribution in [0.25, 0.3) is 11.2 Å². The third-order valence-electron chi connectivity index (χ3n) is 2.92. The Morgan fingerprint density at radius 2 is 2.39 bits per heavy atom. The number of aliphatic hydroxyl groups excluding tert-OH is 1. The van der Waals surface area contributed by atoms with Crippen molar-refractivity contribution in [3.05, 3.63) is 12.7 Å². The van der Waals surface area contributed by atoms with Crippen LogP contribution in [0.15, 0.2) is 12.7 Å². The lowest BCUT2D eigenvalue weighted by atomic mass is 10.2. The van der Waals surface area contributed by atoms with Crippen LogP contribution in [-0.2, 0) is 4.74 Å². The molecule has 1 aliphatic heterocycles. The Hall–Kier alpha value is -1.77. The molecule has 0 amide bonds. The average molecular weight is 253 g/mol. The van der Waals surface area contributed by atoms with E-state index in [0.29, 0.717) is 11.2 Å². The quantitative estimate of drug-likeness (QED) is 0.631. The summed E-state index contributed by atoms with van der Waals surface area (Å²) in [4.78, 5) is 11.9. The first-order valence-corrected chi connectivity index (χ1v) is 5.37. The van der Waals surface area contributed by atoms with E-state index in [-0.39, 0.29) is 12.2 Å². The molecule has 1 aliphatic rings. The summed E-state index contributed by atoms with van der Waals surface area (Å²) < 4.78 is 21.4. The normalized spacial score (nSPS) is 30.4. The van der Waals surface area contributed by atoms with Gasteiger partial charge in [-0.2, -0.15) is 0 Å². The molecule has 1 unspecified atom stereocenters. The number of nitrogens with two attached hydrogens (primary N) is 1. The molecule has 0 bridgehead atoms.